The van der Waals surface area contributed by atoms with Crippen LogP contribution < -0.4 is 14.8 Å². The molecule has 8 nitrogen and oxygen atoms in total. The van der Waals surface area contributed by atoms with E-state index < -0.39 is 17.5 Å². The van der Waals surface area contributed by atoms with Crippen molar-refractivity contribution in [3.63, 3.8) is 0 Å². The maximum atomic E-state index is 13.1. The molecule has 2 aromatic carbocycles. The van der Waals surface area contributed by atoms with E-state index in [0.29, 0.717) is 29.3 Å². The number of nitro groups is 1. The van der Waals surface area contributed by atoms with Crippen molar-refractivity contribution in [2.24, 2.45) is 0 Å². The Labute approximate surface area is 162 Å². The van der Waals surface area contributed by atoms with Crippen LogP contribution >= 0.6 is 0 Å². The van der Waals surface area contributed by atoms with E-state index in [1.165, 1.54) is 14.2 Å². The number of nitrogens with one attached hydrogen (secondary N) is 1. The van der Waals surface area contributed by atoms with Gasteiger partial charge in [0.2, 0.25) is 0 Å². The summed E-state index contributed by atoms with van der Waals surface area (Å²) in [6, 6.07) is 11.3. The van der Waals surface area contributed by atoms with Gasteiger partial charge in [-0.25, -0.2) is 0 Å². The van der Waals surface area contributed by atoms with Crippen LogP contribution in [-0.4, -0.2) is 49.6 Å². The van der Waals surface area contributed by atoms with E-state index in [4.69, 9.17) is 9.47 Å². The van der Waals surface area contributed by atoms with Crippen LogP contribution in [0.4, 0.5) is 5.69 Å². The van der Waals surface area contributed by atoms with Gasteiger partial charge in [0, 0.05) is 22.7 Å². The Hall–Kier alpha value is -3.13. The Balaban J connectivity index is 1.87. The Morgan fingerprint density at radius 2 is 1.89 bits per heavy atom. The van der Waals surface area contributed by atoms with Crippen molar-refractivity contribution in [2.75, 3.05) is 33.1 Å². The van der Waals surface area contributed by atoms with E-state index in [0.717, 1.165) is 5.56 Å². The second kappa shape index (κ2) is 6.49. The molecule has 2 aromatic rings. The van der Waals surface area contributed by atoms with Gasteiger partial charge in [0.25, 0.3) is 11.9 Å². The molecule has 3 atom stereocenters. The van der Waals surface area contributed by atoms with Crippen LogP contribution in [0.1, 0.15) is 17.0 Å². The van der Waals surface area contributed by atoms with Crippen LogP contribution in [-0.2, 0) is 10.3 Å². The third kappa shape index (κ3) is 2.31. The number of benzene rings is 2. The smallest absolute Gasteiger partial charge is 0.256 e. The fraction of sp³-hybridized carbons (Fsp3) is 0.350. The predicted octanol–water partition coefficient (Wildman–Crippen LogP) is 2.23. The molecule has 0 saturated carbocycles. The number of hydrogen-bond acceptors (Lipinski definition) is 6. The fourth-order valence-electron chi connectivity index (χ4n) is 4.66. The minimum Gasteiger partial charge on any atom is -0.493 e. The van der Waals surface area contributed by atoms with Crippen LogP contribution in [0, 0.1) is 10.1 Å². The van der Waals surface area contributed by atoms with Gasteiger partial charge < -0.3 is 14.8 Å². The largest absolute Gasteiger partial charge is 0.493 e. The van der Waals surface area contributed by atoms with Crippen molar-refractivity contribution in [3.05, 3.63) is 63.7 Å². The summed E-state index contributed by atoms with van der Waals surface area (Å²) < 4.78 is 10.6. The van der Waals surface area contributed by atoms with Gasteiger partial charge in [0.15, 0.2) is 17.0 Å². The molecule has 0 bridgehead atoms. The summed E-state index contributed by atoms with van der Waals surface area (Å²) in [6.07, 6.45) is 0. The average molecular weight is 383 g/mol. The number of hydrogen-bond donors (Lipinski definition) is 1. The molecule has 2 aliphatic heterocycles. The van der Waals surface area contributed by atoms with E-state index in [2.05, 4.69) is 5.32 Å². The number of amides is 1. The topological polar surface area (TPSA) is 93.9 Å². The number of carbonyl (C=O) groups is 1. The molecule has 2 heterocycles. The van der Waals surface area contributed by atoms with Gasteiger partial charge in [-0.1, -0.05) is 24.3 Å². The molecule has 1 spiro atoms. The monoisotopic (exact) mass is 383 g/mol. The Morgan fingerprint density at radius 3 is 2.57 bits per heavy atom. The van der Waals surface area contributed by atoms with Gasteiger partial charge in [-0.2, -0.15) is 0 Å². The lowest BCUT2D eigenvalue weighted by atomic mass is 9.79. The first-order valence-electron chi connectivity index (χ1n) is 8.92. The number of anilines is 1. The van der Waals surface area contributed by atoms with Crippen molar-refractivity contribution in [2.45, 2.75) is 17.5 Å². The second-order valence-corrected chi connectivity index (χ2v) is 7.10. The second-order valence-electron chi connectivity index (χ2n) is 7.10. The molecule has 28 heavy (non-hydrogen) atoms. The fourth-order valence-corrected chi connectivity index (χ4v) is 4.66. The van der Waals surface area contributed by atoms with E-state index in [1.54, 1.807) is 54.4 Å². The molecule has 2 aliphatic rings. The van der Waals surface area contributed by atoms with Gasteiger partial charge >= 0.3 is 0 Å². The molecule has 4 rings (SSSR count). The van der Waals surface area contributed by atoms with Crippen LogP contribution in [0.5, 0.6) is 11.5 Å². The molecule has 0 unspecified atom stereocenters. The maximum absolute atomic E-state index is 13.1. The first-order valence-corrected chi connectivity index (χ1v) is 8.92. The number of carbonyl (C=O) groups excluding carboxylic acids is 1. The van der Waals surface area contributed by atoms with Gasteiger partial charge in [-0.3, -0.25) is 19.8 Å². The van der Waals surface area contributed by atoms with Crippen LogP contribution in [0.15, 0.2) is 42.5 Å². The lowest BCUT2D eigenvalue weighted by molar-refractivity contribution is -0.534. The van der Waals surface area contributed by atoms with Crippen molar-refractivity contribution in [1.82, 2.24) is 4.90 Å². The van der Waals surface area contributed by atoms with Crippen molar-refractivity contribution >= 4 is 11.6 Å². The quantitative estimate of drug-likeness (QED) is 0.643. The number of nitrogens with zero attached hydrogens (tertiary/aromatic N) is 2. The number of fused-ring (bicyclic) bond motifs is 2. The lowest BCUT2D eigenvalue weighted by Crippen LogP contribution is -2.54. The van der Waals surface area contributed by atoms with Crippen molar-refractivity contribution in [3.8, 4) is 11.5 Å². The standard InChI is InChI=1S/C20H21N3O5/c1-22-11-13(12-8-9-16(27-2)17(10-12)28-3)18(23(25)26)20(22)14-6-4-5-7-15(14)21-19(20)24/h4-10,13,18H,11H2,1-3H3,(H,21,24)/t13-,18-,20+/m0/s1. The highest BCUT2D eigenvalue weighted by Crippen LogP contribution is 2.52. The molecule has 1 fully saturated rings. The Kier molecular flexibility index (Phi) is 4.23. The van der Waals surface area contributed by atoms with Gasteiger partial charge in [-0.05, 0) is 30.8 Å². The summed E-state index contributed by atoms with van der Waals surface area (Å²) in [7, 11) is 4.82. The molecule has 146 valence electrons. The highest BCUT2D eigenvalue weighted by Gasteiger charge is 2.68. The molecular weight excluding hydrogens is 362 g/mol. The van der Waals surface area contributed by atoms with E-state index >= 15 is 0 Å². The summed E-state index contributed by atoms with van der Waals surface area (Å²) in [6.45, 7) is 0.364. The zero-order valence-corrected chi connectivity index (χ0v) is 15.8. The summed E-state index contributed by atoms with van der Waals surface area (Å²) in [5.41, 5.74) is 0.657. The zero-order chi connectivity index (χ0) is 20.1. The van der Waals surface area contributed by atoms with Crippen molar-refractivity contribution < 1.29 is 19.2 Å². The summed E-state index contributed by atoms with van der Waals surface area (Å²) >= 11 is 0. The van der Waals surface area contributed by atoms with E-state index in [1.807, 2.05) is 0 Å². The first-order chi connectivity index (χ1) is 13.4. The van der Waals surface area contributed by atoms with Gasteiger partial charge in [-0.15, -0.1) is 0 Å². The molecule has 1 saturated heterocycles. The Bertz CT molecular complexity index is 963. The summed E-state index contributed by atoms with van der Waals surface area (Å²) in [5.74, 6) is 0.202. The van der Waals surface area contributed by atoms with Gasteiger partial charge in [0.05, 0.1) is 20.1 Å². The molecule has 0 aromatic heterocycles. The lowest BCUT2D eigenvalue weighted by Gasteiger charge is -2.30. The first kappa shape index (κ1) is 18.2. The van der Waals surface area contributed by atoms with Crippen LogP contribution in [0.2, 0.25) is 0 Å². The maximum Gasteiger partial charge on any atom is 0.256 e. The number of ether oxygens (including phenoxy) is 2. The number of rotatable bonds is 4. The summed E-state index contributed by atoms with van der Waals surface area (Å²) in [5, 5.41) is 15.1. The third-order valence-corrected chi connectivity index (χ3v) is 5.88. The van der Waals surface area contributed by atoms with Gasteiger partial charge in [0.1, 0.15) is 0 Å². The molecule has 1 amide bonds. The van der Waals surface area contributed by atoms with Crippen molar-refractivity contribution in [1.29, 1.82) is 0 Å². The average Bonchev–Trinajstić information content (AvgIpc) is 3.17. The normalized spacial score (nSPS) is 26.2. The minimum atomic E-state index is -1.35. The number of likely N-dealkylation sites (tertiary alicyclic amines) is 1. The molecule has 0 aliphatic carbocycles. The SMILES string of the molecule is COc1ccc([C@@H]2CN(C)[C@@]3(C(=O)Nc4ccccc43)[C@H]2[N+](=O)[O-])cc1OC. The predicted molar refractivity (Wildman–Crippen MR) is 102 cm³/mol. The van der Waals surface area contributed by atoms with Crippen LogP contribution in [0.25, 0.3) is 0 Å². The molecule has 0 radical (unpaired) electrons. The van der Waals surface area contributed by atoms with E-state index in [-0.39, 0.29) is 10.8 Å². The highest BCUT2D eigenvalue weighted by molar-refractivity contribution is 6.06. The zero-order valence-electron chi connectivity index (χ0n) is 15.8. The molecule has 8 heteroatoms. The molecule has 1 N–H and O–H groups in total. The minimum absolute atomic E-state index is 0.327. The highest BCUT2D eigenvalue weighted by atomic mass is 16.6. The summed E-state index contributed by atoms with van der Waals surface area (Å²) in [4.78, 5) is 26.8. The molecular formula is C20H21N3O5. The Morgan fingerprint density at radius 1 is 1.18 bits per heavy atom. The number of para-hydroxylation sites is 1. The number of methoxy groups -OCH3 is 2. The number of likely N-dealkylation sites (N-methyl/N-ethyl adjacent to an activating group) is 1. The van der Waals surface area contributed by atoms with E-state index in [9.17, 15) is 14.9 Å². The third-order valence-electron chi connectivity index (χ3n) is 5.88. The van der Waals surface area contributed by atoms with Crippen LogP contribution in [0.3, 0.4) is 0 Å².